The minimum Gasteiger partial charge on any atom is -0.300 e. The topological polar surface area (TPSA) is 63.2 Å². The highest BCUT2D eigenvalue weighted by molar-refractivity contribution is 7.89. The maximum Gasteiger partial charge on any atom is 0.240 e. The number of rotatable bonds is 4. The monoisotopic (exact) mass is 301 g/mol. The number of carbonyl (C=O) groups excluding carboxylic acids is 1. The van der Waals surface area contributed by atoms with Crippen LogP contribution in [0.1, 0.15) is 25.7 Å². The predicted molar refractivity (Wildman–Crippen MR) is 73.6 cm³/mol. The molecule has 0 bridgehead atoms. The molecule has 6 heteroatoms. The molecule has 0 spiro atoms. The van der Waals surface area contributed by atoms with E-state index in [9.17, 15) is 13.2 Å². The molecule has 1 atom stereocenters. The standard InChI is InChI=1S/C13H16ClNO3S/c14-11-4-6-13(7-5-11)19(17,18)15-9-10-2-1-3-12(16)8-10/h4-7,10,15H,1-3,8-9H2. The zero-order chi connectivity index (χ0) is 13.9. The Bertz CT molecular complexity index is 554. The highest BCUT2D eigenvalue weighted by Gasteiger charge is 2.22. The van der Waals surface area contributed by atoms with Crippen LogP contribution in [-0.2, 0) is 14.8 Å². The van der Waals surface area contributed by atoms with E-state index >= 15 is 0 Å². The molecule has 0 aromatic heterocycles. The molecule has 1 fully saturated rings. The van der Waals surface area contributed by atoms with Crippen molar-refractivity contribution in [2.45, 2.75) is 30.6 Å². The average Bonchev–Trinajstić information content (AvgIpc) is 2.37. The number of hydrogen-bond donors (Lipinski definition) is 1. The number of ketones is 1. The van der Waals surface area contributed by atoms with E-state index in [0.29, 0.717) is 24.4 Å². The first-order valence-electron chi connectivity index (χ1n) is 6.24. The number of benzene rings is 1. The smallest absolute Gasteiger partial charge is 0.240 e. The molecule has 104 valence electrons. The van der Waals surface area contributed by atoms with Gasteiger partial charge >= 0.3 is 0 Å². The third kappa shape index (κ3) is 4.03. The first-order chi connectivity index (χ1) is 8.97. The van der Waals surface area contributed by atoms with Crippen LogP contribution in [0, 0.1) is 5.92 Å². The predicted octanol–water partition coefficient (Wildman–Crippen LogP) is 2.38. The second kappa shape index (κ2) is 6.03. The van der Waals surface area contributed by atoms with Crippen molar-refractivity contribution in [3.63, 3.8) is 0 Å². The summed E-state index contributed by atoms with van der Waals surface area (Å²) < 4.78 is 26.6. The van der Waals surface area contributed by atoms with Crippen molar-refractivity contribution in [1.29, 1.82) is 0 Å². The molecule has 1 aliphatic carbocycles. The maximum atomic E-state index is 12.0. The van der Waals surface area contributed by atoms with Gasteiger partial charge in [-0.3, -0.25) is 4.79 Å². The average molecular weight is 302 g/mol. The van der Waals surface area contributed by atoms with E-state index in [-0.39, 0.29) is 16.6 Å². The molecule has 1 unspecified atom stereocenters. The van der Waals surface area contributed by atoms with E-state index in [2.05, 4.69) is 4.72 Å². The van der Waals surface area contributed by atoms with Gasteiger partial charge < -0.3 is 0 Å². The summed E-state index contributed by atoms with van der Waals surface area (Å²) >= 11 is 5.72. The van der Waals surface area contributed by atoms with E-state index in [1.807, 2.05) is 0 Å². The van der Waals surface area contributed by atoms with Crippen LogP contribution in [0.25, 0.3) is 0 Å². The molecule has 1 N–H and O–H groups in total. The van der Waals surface area contributed by atoms with Crippen molar-refractivity contribution in [2.24, 2.45) is 5.92 Å². The van der Waals surface area contributed by atoms with Crippen LogP contribution in [0.2, 0.25) is 5.02 Å². The van der Waals surface area contributed by atoms with Gasteiger partial charge in [0.1, 0.15) is 5.78 Å². The second-order valence-electron chi connectivity index (χ2n) is 4.81. The number of hydrogen-bond acceptors (Lipinski definition) is 3. The van der Waals surface area contributed by atoms with Gasteiger partial charge in [-0.05, 0) is 43.0 Å². The van der Waals surface area contributed by atoms with Gasteiger partial charge in [-0.25, -0.2) is 13.1 Å². The van der Waals surface area contributed by atoms with Gasteiger partial charge in [-0.15, -0.1) is 0 Å². The summed E-state index contributed by atoms with van der Waals surface area (Å²) in [5, 5.41) is 0.497. The Morgan fingerprint density at radius 1 is 1.26 bits per heavy atom. The fourth-order valence-electron chi connectivity index (χ4n) is 2.21. The summed E-state index contributed by atoms with van der Waals surface area (Å²) in [4.78, 5) is 11.5. The molecule has 0 amide bonds. The van der Waals surface area contributed by atoms with Gasteiger partial charge in [-0.1, -0.05) is 11.6 Å². The highest BCUT2D eigenvalue weighted by Crippen LogP contribution is 2.21. The molecule has 0 radical (unpaired) electrons. The van der Waals surface area contributed by atoms with Gasteiger partial charge in [0.05, 0.1) is 4.90 Å². The van der Waals surface area contributed by atoms with Gasteiger partial charge in [-0.2, -0.15) is 0 Å². The number of carbonyl (C=O) groups is 1. The Balaban J connectivity index is 1.97. The van der Waals surface area contributed by atoms with Gasteiger partial charge in [0.2, 0.25) is 10.0 Å². The van der Waals surface area contributed by atoms with Crippen LogP contribution in [0.15, 0.2) is 29.2 Å². The van der Waals surface area contributed by atoms with Gasteiger partial charge in [0, 0.05) is 24.4 Å². The summed E-state index contributed by atoms with van der Waals surface area (Å²) in [6.45, 7) is 0.316. The van der Waals surface area contributed by atoms with Gasteiger partial charge in [0.25, 0.3) is 0 Å². The second-order valence-corrected chi connectivity index (χ2v) is 7.01. The van der Waals surface area contributed by atoms with Crippen LogP contribution in [-0.4, -0.2) is 20.7 Å². The van der Waals surface area contributed by atoms with Gasteiger partial charge in [0.15, 0.2) is 0 Å². The summed E-state index contributed by atoms with van der Waals surface area (Å²) in [6.07, 6.45) is 2.85. The van der Waals surface area contributed by atoms with Crippen LogP contribution in [0.4, 0.5) is 0 Å². The third-order valence-electron chi connectivity index (χ3n) is 3.27. The minimum atomic E-state index is -3.51. The molecule has 1 aromatic carbocycles. The van der Waals surface area contributed by atoms with E-state index in [4.69, 9.17) is 11.6 Å². The molecular weight excluding hydrogens is 286 g/mol. The fourth-order valence-corrected chi connectivity index (χ4v) is 3.46. The SMILES string of the molecule is O=C1CCCC(CNS(=O)(=O)c2ccc(Cl)cc2)C1. The number of nitrogens with one attached hydrogen (secondary N) is 1. The van der Waals surface area contributed by atoms with E-state index in [1.54, 1.807) is 12.1 Å². The van der Waals surface area contributed by atoms with Crippen molar-refractivity contribution in [3.05, 3.63) is 29.3 Å². The van der Waals surface area contributed by atoms with E-state index in [0.717, 1.165) is 12.8 Å². The minimum absolute atomic E-state index is 0.114. The number of halogens is 1. The van der Waals surface area contributed by atoms with Crippen LogP contribution < -0.4 is 4.72 Å². The Hall–Kier alpha value is -0.910. The molecular formula is C13H16ClNO3S. The summed E-state index contributed by atoms with van der Waals surface area (Å²) in [5.41, 5.74) is 0. The van der Waals surface area contributed by atoms with Crippen LogP contribution in [0.3, 0.4) is 0 Å². The fraction of sp³-hybridized carbons (Fsp3) is 0.462. The lowest BCUT2D eigenvalue weighted by Gasteiger charge is -2.20. The Morgan fingerprint density at radius 2 is 1.95 bits per heavy atom. The lowest BCUT2D eigenvalue weighted by Crippen LogP contribution is -2.31. The maximum absolute atomic E-state index is 12.0. The molecule has 1 aliphatic rings. The molecule has 0 aliphatic heterocycles. The van der Waals surface area contributed by atoms with Crippen molar-refractivity contribution in [2.75, 3.05) is 6.54 Å². The first-order valence-corrected chi connectivity index (χ1v) is 8.10. The normalized spacial score (nSPS) is 20.5. The van der Waals surface area contributed by atoms with Crippen LogP contribution in [0.5, 0.6) is 0 Å². The molecule has 19 heavy (non-hydrogen) atoms. The summed E-state index contributed by atoms with van der Waals surface area (Å²) in [5.74, 6) is 0.338. The molecule has 2 rings (SSSR count). The lowest BCUT2D eigenvalue weighted by molar-refractivity contribution is -0.121. The van der Waals surface area contributed by atoms with Crippen molar-refractivity contribution in [3.8, 4) is 0 Å². The molecule has 1 aromatic rings. The highest BCUT2D eigenvalue weighted by atomic mass is 35.5. The molecule has 0 heterocycles. The largest absolute Gasteiger partial charge is 0.300 e. The van der Waals surface area contributed by atoms with Crippen LogP contribution >= 0.6 is 11.6 Å². The quantitative estimate of drug-likeness (QED) is 0.928. The number of Topliss-reactive ketones (excluding diaryl/α,β-unsaturated/α-hetero) is 1. The Morgan fingerprint density at radius 3 is 2.58 bits per heavy atom. The molecule has 4 nitrogen and oxygen atoms in total. The van der Waals surface area contributed by atoms with Crippen molar-refractivity contribution < 1.29 is 13.2 Å². The van der Waals surface area contributed by atoms with Crippen molar-refractivity contribution >= 4 is 27.4 Å². The van der Waals surface area contributed by atoms with Crippen molar-refractivity contribution in [1.82, 2.24) is 4.72 Å². The number of sulfonamides is 1. The first kappa shape index (κ1) is 14.5. The Kier molecular flexibility index (Phi) is 4.60. The third-order valence-corrected chi connectivity index (χ3v) is 4.96. The summed E-state index contributed by atoms with van der Waals surface area (Å²) in [6, 6.07) is 6.02. The van der Waals surface area contributed by atoms with E-state index in [1.165, 1.54) is 12.1 Å². The summed E-state index contributed by atoms with van der Waals surface area (Å²) in [7, 11) is -3.51. The molecule has 1 saturated carbocycles. The lowest BCUT2D eigenvalue weighted by atomic mass is 9.89. The molecule has 0 saturated heterocycles. The zero-order valence-corrected chi connectivity index (χ0v) is 12.0. The Labute approximate surface area is 118 Å². The zero-order valence-electron chi connectivity index (χ0n) is 10.4. The van der Waals surface area contributed by atoms with E-state index < -0.39 is 10.0 Å².